The molecule has 0 spiro atoms. The minimum absolute atomic E-state index is 0.186. The first-order valence-electron chi connectivity index (χ1n) is 9.35. The number of carbonyl (C=O) groups is 1. The molecule has 0 saturated carbocycles. The van der Waals surface area contributed by atoms with Gasteiger partial charge in [-0.3, -0.25) is 4.79 Å². The lowest BCUT2D eigenvalue weighted by Gasteiger charge is -2.25. The molecule has 1 fully saturated rings. The van der Waals surface area contributed by atoms with Crippen molar-refractivity contribution in [3.8, 4) is 0 Å². The molecule has 28 heavy (non-hydrogen) atoms. The van der Waals surface area contributed by atoms with Crippen LogP contribution in [0.4, 0.5) is 0 Å². The smallest absolute Gasteiger partial charge is 0.251 e. The summed E-state index contributed by atoms with van der Waals surface area (Å²) in [6, 6.07) is 12.0. The fourth-order valence-electron chi connectivity index (χ4n) is 3.38. The first-order valence-corrected chi connectivity index (χ1v) is 10.8. The lowest BCUT2D eigenvalue weighted by Crippen LogP contribution is -2.35. The van der Waals surface area contributed by atoms with Crippen LogP contribution in [0.3, 0.4) is 0 Å². The Bertz CT molecular complexity index is 1080. The molecule has 1 amide bonds. The lowest BCUT2D eigenvalue weighted by atomic mass is 10.2. The van der Waals surface area contributed by atoms with E-state index in [-0.39, 0.29) is 5.91 Å². The van der Waals surface area contributed by atoms with Crippen molar-refractivity contribution in [3.63, 3.8) is 0 Å². The van der Waals surface area contributed by atoms with Crippen LogP contribution in [0.2, 0.25) is 0 Å². The van der Waals surface area contributed by atoms with E-state index in [9.17, 15) is 13.2 Å². The van der Waals surface area contributed by atoms with Crippen molar-refractivity contribution in [2.24, 2.45) is 0 Å². The van der Waals surface area contributed by atoms with E-state index < -0.39 is 10.0 Å². The van der Waals surface area contributed by atoms with Gasteiger partial charge in [0.15, 0.2) is 0 Å². The van der Waals surface area contributed by atoms with Crippen molar-refractivity contribution in [2.75, 3.05) is 13.1 Å². The number of fused-ring (bicyclic) bond motifs is 1. The van der Waals surface area contributed by atoms with Gasteiger partial charge in [-0.2, -0.15) is 9.40 Å². The highest BCUT2D eigenvalue weighted by Crippen LogP contribution is 2.20. The van der Waals surface area contributed by atoms with Gasteiger partial charge in [-0.05, 0) is 48.7 Å². The summed E-state index contributed by atoms with van der Waals surface area (Å²) in [6.45, 7) is 1.50. The van der Waals surface area contributed by atoms with E-state index in [2.05, 4.69) is 10.4 Å². The van der Waals surface area contributed by atoms with Crippen molar-refractivity contribution >= 4 is 21.4 Å². The maximum atomic E-state index is 12.7. The monoisotopic (exact) mass is 398 g/mol. The van der Waals surface area contributed by atoms with Crippen LogP contribution in [-0.4, -0.2) is 41.3 Å². The predicted molar refractivity (Wildman–Crippen MR) is 105 cm³/mol. The van der Waals surface area contributed by atoms with Gasteiger partial charge in [0.2, 0.25) is 10.0 Å². The van der Waals surface area contributed by atoms with E-state index in [0.29, 0.717) is 30.1 Å². The average Bonchev–Trinajstić information content (AvgIpc) is 3.21. The Morgan fingerprint density at radius 2 is 1.79 bits per heavy atom. The number of piperidine rings is 1. The third kappa shape index (κ3) is 3.79. The highest BCUT2D eigenvalue weighted by Gasteiger charge is 2.25. The minimum Gasteiger partial charge on any atom is -0.348 e. The minimum atomic E-state index is -3.43. The van der Waals surface area contributed by atoms with E-state index in [4.69, 9.17) is 0 Å². The number of carbonyl (C=O) groups excluding carboxylic acids is 1. The molecule has 2 aromatic heterocycles. The number of sulfonamides is 1. The van der Waals surface area contributed by atoms with Gasteiger partial charge in [-0.25, -0.2) is 12.9 Å². The maximum Gasteiger partial charge on any atom is 0.251 e. The van der Waals surface area contributed by atoms with E-state index in [1.807, 2.05) is 6.07 Å². The van der Waals surface area contributed by atoms with Crippen molar-refractivity contribution in [1.82, 2.24) is 19.2 Å². The van der Waals surface area contributed by atoms with Crippen LogP contribution < -0.4 is 5.32 Å². The molecular weight excluding hydrogens is 376 g/mol. The quantitative estimate of drug-likeness (QED) is 0.716. The van der Waals surface area contributed by atoms with Crippen molar-refractivity contribution < 1.29 is 13.2 Å². The van der Waals surface area contributed by atoms with E-state index in [0.717, 1.165) is 30.3 Å². The molecule has 0 radical (unpaired) electrons. The van der Waals surface area contributed by atoms with Gasteiger partial charge in [0.05, 0.1) is 10.4 Å². The fraction of sp³-hybridized carbons (Fsp3) is 0.300. The number of aromatic nitrogens is 2. The zero-order chi connectivity index (χ0) is 19.6. The van der Waals surface area contributed by atoms with Gasteiger partial charge in [0.1, 0.15) is 0 Å². The molecule has 0 aliphatic carbocycles. The van der Waals surface area contributed by atoms with Crippen LogP contribution in [0.15, 0.2) is 59.8 Å². The largest absolute Gasteiger partial charge is 0.348 e. The van der Waals surface area contributed by atoms with Gasteiger partial charge in [-0.15, -0.1) is 0 Å². The van der Waals surface area contributed by atoms with Gasteiger partial charge in [0, 0.05) is 37.6 Å². The van der Waals surface area contributed by atoms with Gasteiger partial charge >= 0.3 is 0 Å². The molecule has 0 atom stereocenters. The first-order chi connectivity index (χ1) is 13.5. The first kappa shape index (κ1) is 18.6. The maximum absolute atomic E-state index is 12.7. The van der Waals surface area contributed by atoms with E-state index in [1.54, 1.807) is 57.6 Å². The Morgan fingerprint density at radius 3 is 2.54 bits per heavy atom. The summed E-state index contributed by atoms with van der Waals surface area (Å²) in [6.07, 6.45) is 6.32. The standard InChI is InChI=1S/C20H22N4O3S/c25-20(17-9-13-24-18(14-17)8-10-22-24)21-15-16-4-6-19(7-5-16)28(26,27)23-11-2-1-3-12-23/h4-10,13-14H,1-3,11-12,15H2,(H,21,25). The molecule has 4 rings (SSSR count). The van der Waals surface area contributed by atoms with Gasteiger partial charge in [0.25, 0.3) is 5.91 Å². The molecule has 1 N–H and O–H groups in total. The number of nitrogens with zero attached hydrogens (tertiary/aromatic N) is 3. The summed E-state index contributed by atoms with van der Waals surface area (Å²) in [5, 5.41) is 6.97. The number of benzene rings is 1. The number of rotatable bonds is 5. The third-order valence-electron chi connectivity index (χ3n) is 4.99. The van der Waals surface area contributed by atoms with Gasteiger partial charge in [-0.1, -0.05) is 18.6 Å². The van der Waals surface area contributed by atoms with Crippen LogP contribution in [-0.2, 0) is 16.6 Å². The van der Waals surface area contributed by atoms with Crippen molar-refractivity contribution in [2.45, 2.75) is 30.7 Å². The molecule has 1 aliphatic heterocycles. The molecule has 3 heterocycles. The molecule has 1 aliphatic rings. The lowest BCUT2D eigenvalue weighted by molar-refractivity contribution is 0.0951. The summed E-state index contributed by atoms with van der Waals surface area (Å²) in [7, 11) is -3.43. The second-order valence-electron chi connectivity index (χ2n) is 6.91. The van der Waals surface area contributed by atoms with Gasteiger partial charge < -0.3 is 5.32 Å². The summed E-state index contributed by atoms with van der Waals surface area (Å²) in [4.78, 5) is 12.7. The molecule has 1 aromatic carbocycles. The van der Waals surface area contributed by atoms with Crippen LogP contribution in [0.1, 0.15) is 35.2 Å². The molecule has 1 saturated heterocycles. The second kappa shape index (κ2) is 7.73. The van der Waals surface area contributed by atoms with Crippen LogP contribution in [0.5, 0.6) is 0 Å². The zero-order valence-electron chi connectivity index (χ0n) is 15.4. The molecule has 3 aromatic rings. The Balaban J connectivity index is 1.40. The predicted octanol–water partition coefficient (Wildman–Crippen LogP) is 2.44. The summed E-state index contributed by atoms with van der Waals surface area (Å²) in [5.74, 6) is -0.186. The van der Waals surface area contributed by atoms with Crippen molar-refractivity contribution in [1.29, 1.82) is 0 Å². The third-order valence-corrected chi connectivity index (χ3v) is 6.90. The van der Waals surface area contributed by atoms with Crippen molar-refractivity contribution in [3.05, 3.63) is 66.0 Å². The van der Waals surface area contributed by atoms with Crippen LogP contribution >= 0.6 is 0 Å². The Hall–Kier alpha value is -2.71. The Labute approximate surface area is 164 Å². The van der Waals surface area contributed by atoms with E-state index in [1.165, 1.54) is 0 Å². The Kier molecular flexibility index (Phi) is 5.15. The van der Waals surface area contributed by atoms with Crippen LogP contribution in [0.25, 0.3) is 5.52 Å². The molecule has 146 valence electrons. The Morgan fingerprint density at radius 1 is 1.04 bits per heavy atom. The number of amides is 1. The van der Waals surface area contributed by atoms with E-state index >= 15 is 0 Å². The number of pyridine rings is 1. The number of nitrogens with one attached hydrogen (secondary N) is 1. The molecule has 0 bridgehead atoms. The highest BCUT2D eigenvalue weighted by molar-refractivity contribution is 7.89. The summed E-state index contributed by atoms with van der Waals surface area (Å²) in [5.41, 5.74) is 2.24. The SMILES string of the molecule is O=C(NCc1ccc(S(=O)(=O)N2CCCCC2)cc1)c1ccn2nccc2c1. The molecular formula is C20H22N4O3S. The molecule has 8 heteroatoms. The molecule has 7 nitrogen and oxygen atoms in total. The average molecular weight is 398 g/mol. The zero-order valence-corrected chi connectivity index (χ0v) is 16.2. The summed E-state index contributed by atoms with van der Waals surface area (Å²) >= 11 is 0. The normalized spacial score (nSPS) is 15.6. The molecule has 0 unspecified atom stereocenters. The second-order valence-corrected chi connectivity index (χ2v) is 8.85. The topological polar surface area (TPSA) is 83.8 Å². The number of hydrogen-bond donors (Lipinski definition) is 1. The number of hydrogen-bond acceptors (Lipinski definition) is 4. The highest BCUT2D eigenvalue weighted by atomic mass is 32.2. The fourth-order valence-corrected chi connectivity index (χ4v) is 4.90. The summed E-state index contributed by atoms with van der Waals surface area (Å²) < 4.78 is 28.6. The van der Waals surface area contributed by atoms with Crippen LogP contribution in [0, 0.1) is 0 Å².